The average Bonchev–Trinajstić information content (AvgIpc) is 1.61. The third kappa shape index (κ3) is 17.8. The standard InChI is InChI=1S/C26H31N7O.C24H29N7O.C24H28N6O2.C23H27N7O2/c1-2-23-30-31-26(33(23)9-1)18-4-3-17-15-22-24(21(17)14-18)25(28-16-27-22)29-19-5-7-20(8-6-19)32-10-12-34-13-11-32;1-30-15-27-29-24(30)17-3-2-16-13-21-22(20(16)12-17)23(26-14-25-21)28-18-4-6-19(7-5-18)31-8-10-32-11-9-31;1-15-28-29-24(32-15)17-3-2-16-13-21-22(20(16)12-17)23(26-14-25-21)27-18-4-6-19(7-5-18)30-8-10-31-11-9-30;31-23-27-21(28-29-23)15-2-1-14-12-19-20(18(14)11-15)22(25-13-24-19)26-16-3-5-17(6-4-16)30-7-9-32-10-8-30/h3-4,14,16,19-20H,1-2,5-13,15H2,(H,27,28,29);2-3,12,14-15,18-19H,4-11,13H2,1H3,(H,25,26,28);2-3,12,14,18-19H,4-11,13H2,1H3,(H,25,26,27);1-2,11,13,16-17H,3-10,12H2,(H,24,25,26)(H2,27,28,29,31). The molecule has 130 heavy (non-hydrogen) atoms. The Morgan fingerprint density at radius 3 is 1.10 bits per heavy atom. The van der Waals surface area contributed by atoms with Crippen LogP contribution in [0.4, 0.5) is 23.3 Å². The van der Waals surface area contributed by atoms with Crippen LogP contribution in [0, 0.1) is 6.92 Å². The number of nitrogens with zero attached hydrogens (tertiary/aromatic N) is 21. The molecule has 0 unspecified atom stereocenters. The van der Waals surface area contributed by atoms with Gasteiger partial charge in [-0.3, -0.25) is 24.6 Å². The predicted molar refractivity (Wildman–Crippen MR) is 493 cm³/mol. The fraction of sp³-hybridized carbons (Fsp3) is 0.505. The molecule has 674 valence electrons. The molecule has 12 aromatic rings. The maximum absolute atomic E-state index is 11.5. The van der Waals surface area contributed by atoms with Gasteiger partial charge in [0.05, 0.1) is 75.6 Å². The molecular weight excluding hydrogens is 1640 g/mol. The van der Waals surface area contributed by atoms with Crippen LogP contribution in [0.2, 0.25) is 0 Å². The summed E-state index contributed by atoms with van der Waals surface area (Å²) in [7, 11) is 1.97. The molecule has 13 heterocycles. The Morgan fingerprint density at radius 1 is 0.385 bits per heavy atom. The lowest BCUT2D eigenvalue weighted by Crippen LogP contribution is -2.46. The summed E-state index contributed by atoms with van der Waals surface area (Å²) in [4.78, 5) is 61.8. The molecule has 13 aliphatic rings. The lowest BCUT2D eigenvalue weighted by atomic mass is 9.89. The van der Waals surface area contributed by atoms with E-state index in [0.717, 1.165) is 284 Å². The number of fused-ring (bicyclic) bond motifs is 13. The molecule has 25 rings (SSSR count). The largest absolute Gasteiger partial charge is 0.421 e. The minimum Gasteiger partial charge on any atom is -0.421 e. The Morgan fingerprint density at radius 2 is 0.746 bits per heavy atom. The number of aryl methyl sites for hydroxylation is 3. The van der Waals surface area contributed by atoms with Gasteiger partial charge < -0.3 is 53.8 Å². The van der Waals surface area contributed by atoms with E-state index in [2.05, 4.69) is 187 Å². The van der Waals surface area contributed by atoms with E-state index in [0.29, 0.717) is 65.9 Å². The van der Waals surface area contributed by atoms with Gasteiger partial charge in [-0.25, -0.2) is 49.8 Å². The van der Waals surface area contributed by atoms with Crippen LogP contribution in [-0.2, 0) is 64.6 Å². The van der Waals surface area contributed by atoms with Gasteiger partial charge in [0.25, 0.3) is 0 Å². The summed E-state index contributed by atoms with van der Waals surface area (Å²) in [5, 5.41) is 47.0. The van der Waals surface area contributed by atoms with Crippen LogP contribution >= 0.6 is 0 Å². The molecule has 0 bridgehead atoms. The third-order valence-electron chi connectivity index (χ3n) is 29.4. The Balaban J connectivity index is 0.000000102. The number of H-pyrrole nitrogens is 2. The van der Waals surface area contributed by atoms with Crippen LogP contribution < -0.4 is 27.0 Å². The van der Waals surface area contributed by atoms with Gasteiger partial charge >= 0.3 is 5.69 Å². The highest BCUT2D eigenvalue weighted by atomic mass is 16.5. The SMILES string of the molecule is Cc1nnc(-c2ccc3c(c2)-c2c(ncnc2NC2CCC(N4CCOCC4)CC2)C3)o1.Cn1cnnc1-c1ccc2c(c1)-c1c(ncnc1NC1CCC(N3CCOCC3)CC1)C2.O=c1[nH]nc(-c2ccc3c(c2)-c2c(ncnc2NC2CCC(N4CCOCC4)CC2)C3)[nH]1.c1nc2c(c(NC3CCC(N4CCOCC4)CC3)n1)-c1cc(-c3nnc4n3CCC4)ccc1C2. The molecule has 8 aromatic heterocycles. The molecule has 6 N–H and O–H groups in total. The number of benzene rings is 4. The van der Waals surface area contributed by atoms with Gasteiger partial charge in [0.1, 0.15) is 60.7 Å². The van der Waals surface area contributed by atoms with Crippen molar-refractivity contribution in [2.45, 2.75) is 203 Å². The zero-order valence-electron chi connectivity index (χ0n) is 74.4. The van der Waals surface area contributed by atoms with Gasteiger partial charge in [-0.2, -0.15) is 5.10 Å². The van der Waals surface area contributed by atoms with Crippen LogP contribution in [0.3, 0.4) is 0 Å². The van der Waals surface area contributed by atoms with E-state index >= 15 is 0 Å². The summed E-state index contributed by atoms with van der Waals surface area (Å²) in [5.41, 5.74) is 22.4. The second kappa shape index (κ2) is 37.7. The van der Waals surface area contributed by atoms with Gasteiger partial charge in [0.2, 0.25) is 11.8 Å². The Bertz CT molecular complexity index is 6070. The molecule has 33 heteroatoms. The molecule has 0 amide bonds. The van der Waals surface area contributed by atoms with Gasteiger partial charge in [0, 0.05) is 198 Å². The molecule has 8 aliphatic carbocycles. The number of anilines is 4. The third-order valence-corrected chi connectivity index (χ3v) is 29.4. The smallest absolute Gasteiger partial charge is 0.340 e. The second-order valence-corrected chi connectivity index (χ2v) is 37.2. The number of ether oxygens (including phenoxy) is 4. The lowest BCUT2D eigenvalue weighted by molar-refractivity contribution is 0.00788. The van der Waals surface area contributed by atoms with E-state index < -0.39 is 0 Å². The zero-order chi connectivity index (χ0) is 87.0. The Hall–Kier alpha value is -11.6. The summed E-state index contributed by atoms with van der Waals surface area (Å²) < 4.78 is 32.0. The number of hydrogen-bond acceptors (Lipinski definition) is 29. The number of aromatic amines is 2. The van der Waals surface area contributed by atoms with Crippen molar-refractivity contribution in [2.75, 3.05) is 126 Å². The van der Waals surface area contributed by atoms with Crippen molar-refractivity contribution >= 4 is 23.3 Å². The number of rotatable bonds is 16. The first-order valence-corrected chi connectivity index (χ1v) is 47.5. The predicted octanol–water partition coefficient (Wildman–Crippen LogP) is 11.8. The van der Waals surface area contributed by atoms with Gasteiger partial charge in [-0.05, 0) is 184 Å². The van der Waals surface area contributed by atoms with E-state index in [1.54, 1.807) is 31.6 Å². The quantitative estimate of drug-likeness (QED) is 0.0523. The summed E-state index contributed by atoms with van der Waals surface area (Å²) in [6.07, 6.45) is 33.2. The van der Waals surface area contributed by atoms with Crippen molar-refractivity contribution in [3.63, 3.8) is 0 Å². The van der Waals surface area contributed by atoms with Crippen molar-refractivity contribution in [1.82, 2.24) is 114 Å². The van der Waals surface area contributed by atoms with Crippen molar-refractivity contribution in [2.24, 2.45) is 7.05 Å². The fourth-order valence-electron chi connectivity index (χ4n) is 22.5. The first kappa shape index (κ1) is 84.0. The molecule has 8 fully saturated rings. The highest BCUT2D eigenvalue weighted by Crippen LogP contribution is 2.48. The van der Waals surface area contributed by atoms with E-state index in [9.17, 15) is 4.79 Å². The van der Waals surface area contributed by atoms with E-state index in [-0.39, 0.29) is 5.69 Å². The first-order chi connectivity index (χ1) is 64.1. The first-order valence-electron chi connectivity index (χ1n) is 47.5. The van der Waals surface area contributed by atoms with Gasteiger partial charge in [-0.1, -0.05) is 42.5 Å². The minimum atomic E-state index is -0.306. The van der Waals surface area contributed by atoms with E-state index in [4.69, 9.17) is 28.3 Å². The number of aromatic nitrogens is 19. The van der Waals surface area contributed by atoms with Gasteiger partial charge in [0.15, 0.2) is 17.5 Å². The highest BCUT2D eigenvalue weighted by Gasteiger charge is 2.37. The van der Waals surface area contributed by atoms with Crippen LogP contribution in [0.25, 0.3) is 90.1 Å². The van der Waals surface area contributed by atoms with Crippen molar-refractivity contribution in [3.8, 4) is 90.1 Å². The second-order valence-electron chi connectivity index (χ2n) is 37.2. The van der Waals surface area contributed by atoms with Crippen molar-refractivity contribution in [3.05, 3.63) is 172 Å². The monoisotopic (exact) mass is 1750 g/mol. The molecule has 4 aromatic carbocycles. The van der Waals surface area contributed by atoms with E-state index in [1.165, 1.54) is 122 Å². The molecular formula is C97H115N27O6. The van der Waals surface area contributed by atoms with E-state index in [1.807, 2.05) is 30.7 Å². The number of hydrogen-bond donors (Lipinski definition) is 6. The molecule has 5 aliphatic heterocycles. The van der Waals surface area contributed by atoms with Crippen LogP contribution in [0.5, 0.6) is 0 Å². The van der Waals surface area contributed by atoms with Crippen LogP contribution in [0.1, 0.15) is 166 Å². The molecule has 4 saturated carbocycles. The fourth-order valence-corrected chi connectivity index (χ4v) is 22.5. The lowest BCUT2D eigenvalue weighted by Gasteiger charge is -2.39. The van der Waals surface area contributed by atoms with Crippen molar-refractivity contribution in [1.29, 1.82) is 0 Å². The maximum Gasteiger partial charge on any atom is 0.340 e. The Labute approximate surface area is 755 Å². The van der Waals surface area contributed by atoms with Crippen molar-refractivity contribution < 1.29 is 23.4 Å². The van der Waals surface area contributed by atoms with Crippen LogP contribution in [0.15, 0.2) is 114 Å². The minimum absolute atomic E-state index is 0.306. The average molecular weight is 1760 g/mol. The number of morpholine rings is 4. The summed E-state index contributed by atoms with van der Waals surface area (Å²) in [5.74, 6) is 8.43. The summed E-state index contributed by atoms with van der Waals surface area (Å²) in [6, 6.07) is 30.3. The van der Waals surface area contributed by atoms with Gasteiger partial charge in [-0.15, -0.1) is 30.6 Å². The normalized spacial score (nSPS) is 23.3. The zero-order valence-corrected chi connectivity index (χ0v) is 74.4. The molecule has 0 atom stereocenters. The molecule has 33 nitrogen and oxygen atoms in total. The summed E-state index contributed by atoms with van der Waals surface area (Å²) in [6.45, 7) is 18.4. The molecule has 0 radical (unpaired) electrons. The molecule has 4 saturated heterocycles. The highest BCUT2D eigenvalue weighted by molar-refractivity contribution is 5.90. The number of nitrogens with one attached hydrogen (secondary N) is 6. The Kier molecular flexibility index (Phi) is 24.4. The summed E-state index contributed by atoms with van der Waals surface area (Å²) >= 11 is 0. The van der Waals surface area contributed by atoms with Crippen LogP contribution in [-0.4, -0.2) is 268 Å². The maximum atomic E-state index is 11.5. The molecule has 0 spiro atoms. The topological polar surface area (TPSA) is 363 Å².